The van der Waals surface area contributed by atoms with E-state index in [1.165, 1.54) is 25.1 Å². The second-order valence-electron chi connectivity index (χ2n) is 5.75. The highest BCUT2D eigenvalue weighted by molar-refractivity contribution is 6.32. The molecule has 1 saturated heterocycles. The number of halogens is 1. The molecule has 1 atom stereocenters. The third-order valence-corrected chi connectivity index (χ3v) is 3.99. The Balaban J connectivity index is 1.75. The monoisotopic (exact) mass is 382 g/mol. The van der Waals surface area contributed by atoms with Gasteiger partial charge in [0.15, 0.2) is 11.3 Å². The van der Waals surface area contributed by atoms with E-state index in [-0.39, 0.29) is 43.0 Å². The number of carbonyl (C=O) groups excluding carboxylic acids is 4. The SMILES string of the molecule is C[C@@H](OC(=O)CCCN1C(=O)CN(C)C1=O)C(=O)Nc1cccnc1Cl. The van der Waals surface area contributed by atoms with Gasteiger partial charge in [-0.3, -0.25) is 19.3 Å². The fourth-order valence-corrected chi connectivity index (χ4v) is 2.46. The van der Waals surface area contributed by atoms with Gasteiger partial charge in [-0.25, -0.2) is 9.78 Å². The summed E-state index contributed by atoms with van der Waals surface area (Å²) in [6.45, 7) is 1.60. The number of anilines is 1. The summed E-state index contributed by atoms with van der Waals surface area (Å²) in [5.74, 6) is -1.44. The second-order valence-corrected chi connectivity index (χ2v) is 6.11. The maximum atomic E-state index is 12.0. The van der Waals surface area contributed by atoms with Gasteiger partial charge in [0.25, 0.3) is 5.91 Å². The van der Waals surface area contributed by atoms with Crippen molar-refractivity contribution in [1.29, 1.82) is 0 Å². The number of nitrogens with zero attached hydrogens (tertiary/aromatic N) is 3. The zero-order valence-corrected chi connectivity index (χ0v) is 15.2. The van der Waals surface area contributed by atoms with Crippen LogP contribution in [0.5, 0.6) is 0 Å². The Hall–Kier alpha value is -2.68. The molecule has 0 radical (unpaired) electrons. The van der Waals surface area contributed by atoms with Crippen LogP contribution in [0.25, 0.3) is 0 Å². The first kappa shape index (κ1) is 19.6. The van der Waals surface area contributed by atoms with E-state index in [0.29, 0.717) is 5.69 Å². The van der Waals surface area contributed by atoms with Crippen LogP contribution in [0.4, 0.5) is 10.5 Å². The molecule has 1 aromatic rings. The number of aromatic nitrogens is 1. The van der Waals surface area contributed by atoms with Crippen molar-refractivity contribution < 1.29 is 23.9 Å². The first-order chi connectivity index (χ1) is 12.3. The van der Waals surface area contributed by atoms with Crippen molar-refractivity contribution >= 4 is 41.1 Å². The highest BCUT2D eigenvalue weighted by atomic mass is 35.5. The number of carbonyl (C=O) groups is 4. The van der Waals surface area contributed by atoms with Gasteiger partial charge >= 0.3 is 12.0 Å². The third-order valence-electron chi connectivity index (χ3n) is 3.69. The number of nitrogens with one attached hydrogen (secondary N) is 1. The van der Waals surface area contributed by atoms with Crippen LogP contribution in [0.1, 0.15) is 19.8 Å². The average Bonchev–Trinajstić information content (AvgIpc) is 2.82. The molecule has 0 spiro atoms. The topological polar surface area (TPSA) is 109 Å². The van der Waals surface area contributed by atoms with Gasteiger partial charge in [0.1, 0.15) is 6.54 Å². The summed E-state index contributed by atoms with van der Waals surface area (Å²) in [4.78, 5) is 53.4. The van der Waals surface area contributed by atoms with Crippen molar-refractivity contribution in [3.05, 3.63) is 23.5 Å². The number of hydrogen-bond donors (Lipinski definition) is 1. The highest BCUT2D eigenvalue weighted by Crippen LogP contribution is 2.18. The van der Waals surface area contributed by atoms with Crippen LogP contribution in [-0.2, 0) is 19.1 Å². The second kappa shape index (κ2) is 8.61. The molecule has 0 saturated carbocycles. The molecule has 0 aromatic carbocycles. The number of imide groups is 1. The normalized spacial score (nSPS) is 15.2. The van der Waals surface area contributed by atoms with Crippen molar-refractivity contribution in [3.8, 4) is 0 Å². The fraction of sp³-hybridized carbons (Fsp3) is 0.438. The molecule has 1 aliphatic rings. The molecule has 9 nitrogen and oxygen atoms in total. The number of pyridine rings is 1. The number of urea groups is 1. The molecule has 2 heterocycles. The molecule has 10 heteroatoms. The number of ether oxygens (including phenoxy) is 1. The Morgan fingerprint density at radius 1 is 1.42 bits per heavy atom. The lowest BCUT2D eigenvalue weighted by Gasteiger charge is -2.15. The average molecular weight is 383 g/mol. The van der Waals surface area contributed by atoms with E-state index in [1.54, 1.807) is 12.1 Å². The van der Waals surface area contributed by atoms with Crippen LogP contribution in [0.15, 0.2) is 18.3 Å². The van der Waals surface area contributed by atoms with Crippen LogP contribution >= 0.6 is 11.6 Å². The Bertz CT molecular complexity index is 726. The smallest absolute Gasteiger partial charge is 0.326 e. The predicted octanol–water partition coefficient (Wildman–Crippen LogP) is 1.28. The largest absolute Gasteiger partial charge is 0.453 e. The summed E-state index contributed by atoms with van der Waals surface area (Å²) in [5, 5.41) is 2.65. The zero-order valence-electron chi connectivity index (χ0n) is 14.4. The van der Waals surface area contributed by atoms with Crippen molar-refractivity contribution in [2.45, 2.75) is 25.9 Å². The molecular formula is C16H19ClN4O5. The molecule has 1 aliphatic heterocycles. The Morgan fingerprint density at radius 3 is 2.77 bits per heavy atom. The zero-order chi connectivity index (χ0) is 19.3. The van der Waals surface area contributed by atoms with E-state index in [2.05, 4.69) is 10.3 Å². The number of hydrogen-bond acceptors (Lipinski definition) is 6. The molecule has 0 aliphatic carbocycles. The summed E-state index contributed by atoms with van der Waals surface area (Å²) in [6.07, 6.45) is 0.688. The van der Waals surface area contributed by atoms with Crippen LogP contribution in [0.3, 0.4) is 0 Å². The quantitative estimate of drug-likeness (QED) is 0.432. The lowest BCUT2D eigenvalue weighted by molar-refractivity contribution is -0.153. The van der Waals surface area contributed by atoms with Crippen LogP contribution < -0.4 is 5.32 Å². The van der Waals surface area contributed by atoms with Gasteiger partial charge < -0.3 is 15.0 Å². The summed E-state index contributed by atoms with van der Waals surface area (Å²) < 4.78 is 5.05. The Kier molecular flexibility index (Phi) is 6.51. The van der Waals surface area contributed by atoms with Crippen LogP contribution in [0, 0.1) is 0 Å². The molecule has 2 rings (SSSR count). The molecule has 0 bridgehead atoms. The minimum Gasteiger partial charge on any atom is -0.453 e. The molecular weight excluding hydrogens is 364 g/mol. The minimum absolute atomic E-state index is 0.0218. The van der Waals surface area contributed by atoms with Gasteiger partial charge in [-0.1, -0.05) is 11.6 Å². The minimum atomic E-state index is -1.03. The maximum Gasteiger partial charge on any atom is 0.326 e. The van der Waals surface area contributed by atoms with E-state index >= 15 is 0 Å². The van der Waals surface area contributed by atoms with Gasteiger partial charge in [0, 0.05) is 26.2 Å². The van der Waals surface area contributed by atoms with Gasteiger partial charge in [-0.05, 0) is 25.5 Å². The number of likely N-dealkylation sites (N-methyl/N-ethyl adjacent to an activating group) is 1. The first-order valence-electron chi connectivity index (χ1n) is 7.96. The van der Waals surface area contributed by atoms with E-state index < -0.39 is 18.0 Å². The van der Waals surface area contributed by atoms with E-state index in [4.69, 9.17) is 16.3 Å². The number of rotatable bonds is 7. The molecule has 1 aromatic heterocycles. The maximum absolute atomic E-state index is 12.0. The Morgan fingerprint density at radius 2 is 2.15 bits per heavy atom. The molecule has 1 fully saturated rings. The predicted molar refractivity (Wildman–Crippen MR) is 92.4 cm³/mol. The van der Waals surface area contributed by atoms with Crippen LogP contribution in [-0.4, -0.2) is 64.8 Å². The van der Waals surface area contributed by atoms with Gasteiger partial charge in [-0.2, -0.15) is 0 Å². The van der Waals surface area contributed by atoms with Gasteiger partial charge in [0.05, 0.1) is 5.69 Å². The summed E-state index contributed by atoms with van der Waals surface area (Å²) in [5.41, 5.74) is 0.317. The lowest BCUT2D eigenvalue weighted by Crippen LogP contribution is -2.33. The van der Waals surface area contributed by atoms with Crippen molar-refractivity contribution in [1.82, 2.24) is 14.8 Å². The van der Waals surface area contributed by atoms with Gasteiger partial charge in [-0.15, -0.1) is 0 Å². The van der Waals surface area contributed by atoms with Crippen molar-refractivity contribution in [2.75, 3.05) is 25.5 Å². The summed E-state index contributed by atoms with van der Waals surface area (Å²) >= 11 is 5.85. The molecule has 4 amide bonds. The summed E-state index contributed by atoms with van der Waals surface area (Å²) in [6, 6.07) is 2.80. The third kappa shape index (κ3) is 4.92. The van der Waals surface area contributed by atoms with Crippen molar-refractivity contribution in [3.63, 3.8) is 0 Å². The number of amides is 4. The summed E-state index contributed by atoms with van der Waals surface area (Å²) in [7, 11) is 1.53. The molecule has 0 unspecified atom stereocenters. The van der Waals surface area contributed by atoms with E-state index in [0.717, 1.165) is 4.90 Å². The van der Waals surface area contributed by atoms with Crippen molar-refractivity contribution in [2.24, 2.45) is 0 Å². The molecule has 1 N–H and O–H groups in total. The van der Waals surface area contributed by atoms with Gasteiger partial charge in [0.2, 0.25) is 5.91 Å². The molecule has 26 heavy (non-hydrogen) atoms. The van der Waals surface area contributed by atoms with E-state index in [1.807, 2.05) is 0 Å². The Labute approximate surface area is 155 Å². The fourth-order valence-electron chi connectivity index (χ4n) is 2.29. The molecule has 140 valence electrons. The number of esters is 1. The highest BCUT2D eigenvalue weighted by Gasteiger charge is 2.33. The van der Waals surface area contributed by atoms with Crippen LogP contribution in [0.2, 0.25) is 5.15 Å². The van der Waals surface area contributed by atoms with E-state index in [9.17, 15) is 19.2 Å². The lowest BCUT2D eigenvalue weighted by atomic mass is 10.3. The standard InChI is InChI=1S/C16H19ClN4O5/c1-10(15(24)19-11-5-3-7-18-14(11)17)26-13(23)6-4-8-21-12(22)9-20(2)16(21)25/h3,5,7,10H,4,6,8-9H2,1-2H3,(H,19,24)/t10-/m1/s1. The first-order valence-corrected chi connectivity index (χ1v) is 8.33.